The monoisotopic (exact) mass is 280 g/mol. The van der Waals surface area contributed by atoms with Gasteiger partial charge in [0.15, 0.2) is 0 Å². The Kier molecular flexibility index (Phi) is 6.09. The second kappa shape index (κ2) is 8.08. The van der Waals surface area contributed by atoms with Crippen LogP contribution < -0.4 is 0 Å². The quantitative estimate of drug-likeness (QED) is 0.585. The lowest BCUT2D eigenvalue weighted by molar-refractivity contribution is -0.147. The molecule has 2 aliphatic rings. The molecule has 4 heteroatoms. The van der Waals surface area contributed by atoms with Crippen molar-refractivity contribution in [2.24, 2.45) is 0 Å². The first-order valence-corrected chi connectivity index (χ1v) is 7.83. The van der Waals surface area contributed by atoms with E-state index in [1.165, 1.54) is 25.0 Å². The molecule has 2 fully saturated rings. The molecule has 0 spiro atoms. The van der Waals surface area contributed by atoms with Crippen LogP contribution >= 0.6 is 0 Å². The molecule has 0 bridgehead atoms. The maximum absolute atomic E-state index is 11.6. The number of esters is 2. The third kappa shape index (κ3) is 5.35. The largest absolute Gasteiger partial charge is 0.459 e. The van der Waals surface area contributed by atoms with Crippen molar-refractivity contribution in [3.05, 3.63) is 12.2 Å². The van der Waals surface area contributed by atoms with Crippen LogP contribution in [0.25, 0.3) is 0 Å². The van der Waals surface area contributed by atoms with E-state index in [1.54, 1.807) is 0 Å². The highest BCUT2D eigenvalue weighted by Gasteiger charge is 2.18. The Morgan fingerprint density at radius 3 is 1.35 bits per heavy atom. The Morgan fingerprint density at radius 2 is 1.00 bits per heavy atom. The van der Waals surface area contributed by atoms with Crippen LogP contribution in [0.2, 0.25) is 0 Å². The summed E-state index contributed by atoms with van der Waals surface area (Å²) in [6.07, 6.45) is 13.1. The van der Waals surface area contributed by atoms with Gasteiger partial charge in [-0.3, -0.25) is 0 Å². The minimum Gasteiger partial charge on any atom is -0.459 e. The van der Waals surface area contributed by atoms with Crippen molar-refractivity contribution >= 4 is 11.9 Å². The molecule has 0 aromatic heterocycles. The lowest BCUT2D eigenvalue weighted by Gasteiger charge is -2.21. The van der Waals surface area contributed by atoms with Gasteiger partial charge in [0.25, 0.3) is 0 Å². The van der Waals surface area contributed by atoms with Gasteiger partial charge in [0.05, 0.1) is 0 Å². The molecular weight excluding hydrogens is 256 g/mol. The Bertz CT molecular complexity index is 315. The average Bonchev–Trinajstić information content (AvgIpc) is 2.47. The van der Waals surface area contributed by atoms with Crippen LogP contribution in [0.3, 0.4) is 0 Å². The van der Waals surface area contributed by atoms with E-state index in [4.69, 9.17) is 9.47 Å². The van der Waals surface area contributed by atoms with Crippen LogP contribution in [-0.4, -0.2) is 24.1 Å². The lowest BCUT2D eigenvalue weighted by atomic mass is 9.98. The highest BCUT2D eigenvalue weighted by molar-refractivity contribution is 5.91. The van der Waals surface area contributed by atoms with E-state index in [9.17, 15) is 9.59 Å². The summed E-state index contributed by atoms with van der Waals surface area (Å²) in [7, 11) is 0. The molecule has 2 rings (SSSR count). The normalized spacial score (nSPS) is 21.8. The van der Waals surface area contributed by atoms with E-state index in [1.807, 2.05) is 0 Å². The van der Waals surface area contributed by atoms with Crippen LogP contribution in [0.5, 0.6) is 0 Å². The first-order valence-electron chi connectivity index (χ1n) is 7.83. The van der Waals surface area contributed by atoms with Crippen molar-refractivity contribution in [3.8, 4) is 0 Å². The van der Waals surface area contributed by atoms with Gasteiger partial charge in [-0.1, -0.05) is 12.8 Å². The first-order chi connectivity index (χ1) is 9.74. The van der Waals surface area contributed by atoms with Crippen LogP contribution in [0.4, 0.5) is 0 Å². The molecule has 112 valence electrons. The van der Waals surface area contributed by atoms with Gasteiger partial charge in [0.1, 0.15) is 12.2 Å². The van der Waals surface area contributed by atoms with E-state index in [0.29, 0.717) is 0 Å². The summed E-state index contributed by atoms with van der Waals surface area (Å²) < 4.78 is 10.6. The molecule has 0 saturated heterocycles. The van der Waals surface area contributed by atoms with Crippen molar-refractivity contribution in [1.29, 1.82) is 0 Å². The van der Waals surface area contributed by atoms with Gasteiger partial charge in [-0.25, -0.2) is 9.59 Å². The third-order valence-corrected chi connectivity index (χ3v) is 4.03. The molecule has 0 aromatic carbocycles. The Labute approximate surface area is 120 Å². The van der Waals surface area contributed by atoms with Crippen LogP contribution in [0.1, 0.15) is 64.2 Å². The second-order valence-electron chi connectivity index (χ2n) is 5.73. The van der Waals surface area contributed by atoms with E-state index >= 15 is 0 Å². The number of hydrogen-bond donors (Lipinski definition) is 0. The number of hydrogen-bond acceptors (Lipinski definition) is 4. The van der Waals surface area contributed by atoms with E-state index < -0.39 is 11.9 Å². The smallest absolute Gasteiger partial charge is 0.331 e. The lowest BCUT2D eigenvalue weighted by Crippen LogP contribution is -2.21. The maximum atomic E-state index is 11.6. The molecule has 0 atom stereocenters. The average molecular weight is 280 g/mol. The maximum Gasteiger partial charge on any atom is 0.331 e. The summed E-state index contributed by atoms with van der Waals surface area (Å²) >= 11 is 0. The van der Waals surface area contributed by atoms with Gasteiger partial charge < -0.3 is 9.47 Å². The fraction of sp³-hybridized carbons (Fsp3) is 0.750. The molecule has 0 radical (unpaired) electrons. The fourth-order valence-electron chi connectivity index (χ4n) is 2.91. The highest BCUT2D eigenvalue weighted by Crippen LogP contribution is 2.21. The van der Waals surface area contributed by atoms with Gasteiger partial charge in [-0.2, -0.15) is 0 Å². The van der Waals surface area contributed by atoms with Gasteiger partial charge in [-0.15, -0.1) is 0 Å². The zero-order valence-corrected chi connectivity index (χ0v) is 12.0. The number of ether oxygens (including phenoxy) is 2. The molecule has 0 N–H and O–H groups in total. The first kappa shape index (κ1) is 15.1. The van der Waals surface area contributed by atoms with Crippen molar-refractivity contribution < 1.29 is 19.1 Å². The SMILES string of the molecule is O=C(/C=C/C(=O)OC1CCCCC1)OC1CCCCC1. The van der Waals surface area contributed by atoms with Crippen LogP contribution in [0, 0.1) is 0 Å². The minimum atomic E-state index is -0.433. The standard InChI is InChI=1S/C16H24O4/c17-15(19-13-7-3-1-4-8-13)11-12-16(18)20-14-9-5-2-6-10-14/h11-14H,1-10H2/b12-11+. The second-order valence-corrected chi connectivity index (χ2v) is 5.73. The van der Waals surface area contributed by atoms with E-state index in [2.05, 4.69) is 0 Å². The highest BCUT2D eigenvalue weighted by atomic mass is 16.5. The molecule has 0 aliphatic heterocycles. The molecule has 2 saturated carbocycles. The van der Waals surface area contributed by atoms with Crippen molar-refractivity contribution in [2.75, 3.05) is 0 Å². The molecule has 0 aromatic rings. The Balaban J connectivity index is 1.67. The summed E-state index contributed by atoms with van der Waals surface area (Å²) in [5, 5.41) is 0. The fourth-order valence-corrected chi connectivity index (χ4v) is 2.91. The third-order valence-electron chi connectivity index (χ3n) is 4.03. The zero-order chi connectivity index (χ0) is 14.2. The van der Waals surface area contributed by atoms with Gasteiger partial charge >= 0.3 is 11.9 Å². The Morgan fingerprint density at radius 1 is 0.650 bits per heavy atom. The van der Waals surface area contributed by atoms with E-state index in [-0.39, 0.29) is 12.2 Å². The number of rotatable bonds is 4. The Hall–Kier alpha value is -1.32. The predicted molar refractivity (Wildman–Crippen MR) is 75.1 cm³/mol. The topological polar surface area (TPSA) is 52.6 Å². The molecule has 0 unspecified atom stereocenters. The van der Waals surface area contributed by atoms with Gasteiger partial charge in [0, 0.05) is 12.2 Å². The summed E-state index contributed by atoms with van der Waals surface area (Å²) in [4.78, 5) is 23.2. The molecule has 20 heavy (non-hydrogen) atoms. The van der Waals surface area contributed by atoms with Crippen LogP contribution in [0.15, 0.2) is 12.2 Å². The zero-order valence-electron chi connectivity index (χ0n) is 12.0. The van der Waals surface area contributed by atoms with Crippen molar-refractivity contribution in [2.45, 2.75) is 76.4 Å². The van der Waals surface area contributed by atoms with Crippen molar-refractivity contribution in [1.82, 2.24) is 0 Å². The van der Waals surface area contributed by atoms with Crippen molar-refractivity contribution in [3.63, 3.8) is 0 Å². The summed E-state index contributed by atoms with van der Waals surface area (Å²) in [5.41, 5.74) is 0. The summed E-state index contributed by atoms with van der Waals surface area (Å²) in [6.45, 7) is 0. The molecule has 2 aliphatic carbocycles. The van der Waals surface area contributed by atoms with Gasteiger partial charge in [-0.05, 0) is 51.4 Å². The van der Waals surface area contributed by atoms with E-state index in [0.717, 1.165) is 51.4 Å². The summed E-state index contributed by atoms with van der Waals surface area (Å²) in [6, 6.07) is 0. The molecular formula is C16H24O4. The van der Waals surface area contributed by atoms with Crippen LogP contribution in [-0.2, 0) is 19.1 Å². The molecule has 4 nitrogen and oxygen atoms in total. The van der Waals surface area contributed by atoms with Gasteiger partial charge in [0.2, 0.25) is 0 Å². The molecule has 0 heterocycles. The molecule has 0 amide bonds. The number of carbonyl (C=O) groups is 2. The summed E-state index contributed by atoms with van der Waals surface area (Å²) in [5.74, 6) is -0.866. The number of carbonyl (C=O) groups excluding carboxylic acids is 2. The minimum absolute atomic E-state index is 0.0234. The predicted octanol–water partition coefficient (Wildman–Crippen LogP) is 3.29.